The second-order valence-electron chi connectivity index (χ2n) is 5.91. The van der Waals surface area contributed by atoms with E-state index in [-0.39, 0.29) is 17.5 Å². The number of nitrogens with zero attached hydrogens (tertiary/aromatic N) is 1. The van der Waals surface area contributed by atoms with Gasteiger partial charge >= 0.3 is 0 Å². The van der Waals surface area contributed by atoms with Gasteiger partial charge in [-0.3, -0.25) is 4.79 Å². The summed E-state index contributed by atoms with van der Waals surface area (Å²) in [6, 6.07) is 7.21. The fourth-order valence-corrected chi connectivity index (χ4v) is 1.81. The average Bonchev–Trinajstić information content (AvgIpc) is 2.49. The highest BCUT2D eigenvalue weighted by molar-refractivity contribution is 6.01. The van der Waals surface area contributed by atoms with Crippen LogP contribution in [0.2, 0.25) is 0 Å². The first-order valence-corrected chi connectivity index (χ1v) is 7.60. The molecule has 0 saturated carbocycles. The van der Waals surface area contributed by atoms with E-state index in [2.05, 4.69) is 19.2 Å². The van der Waals surface area contributed by atoms with Gasteiger partial charge in [0, 0.05) is 6.04 Å². The maximum Gasteiger partial charge on any atom is 0.262 e. The van der Waals surface area contributed by atoms with Gasteiger partial charge in [-0.05, 0) is 43.5 Å². The molecule has 0 bridgehead atoms. The number of methoxy groups -OCH3 is 1. The molecule has 5 nitrogen and oxygen atoms in total. The van der Waals surface area contributed by atoms with Gasteiger partial charge in [0.2, 0.25) is 0 Å². The van der Waals surface area contributed by atoms with E-state index in [0.29, 0.717) is 29.6 Å². The Hall–Kier alpha value is -2.48. The first-order chi connectivity index (χ1) is 10.9. The molecule has 0 aromatic heterocycles. The number of carbonyl (C=O) groups excluding carboxylic acids is 1. The minimum Gasteiger partial charge on any atom is -0.493 e. The Bertz CT molecular complexity index is 613. The summed E-state index contributed by atoms with van der Waals surface area (Å²) in [6.07, 6.45) is 1.54. The lowest BCUT2D eigenvalue weighted by Gasteiger charge is -2.13. The molecule has 124 valence electrons. The van der Waals surface area contributed by atoms with Crippen LogP contribution in [0.3, 0.4) is 0 Å². The van der Waals surface area contributed by atoms with Gasteiger partial charge in [-0.15, -0.1) is 0 Å². The lowest BCUT2D eigenvalue weighted by atomic mass is 10.1. The number of amides is 1. The van der Waals surface area contributed by atoms with Crippen molar-refractivity contribution in [3.8, 4) is 17.6 Å². The van der Waals surface area contributed by atoms with Crippen molar-refractivity contribution in [1.29, 1.82) is 5.26 Å². The van der Waals surface area contributed by atoms with Crippen LogP contribution in [-0.2, 0) is 4.79 Å². The SMILES string of the molecule is COc1ccc(/C=C(\C#N)C(=O)NC(C)C)cc1OCC(C)C. The highest BCUT2D eigenvalue weighted by Crippen LogP contribution is 2.29. The minimum atomic E-state index is -0.386. The van der Waals surface area contributed by atoms with E-state index in [1.807, 2.05) is 19.9 Å². The van der Waals surface area contributed by atoms with Gasteiger partial charge in [0.1, 0.15) is 11.6 Å². The standard InChI is InChI=1S/C18H24N2O3/c1-12(2)11-23-17-9-14(6-7-16(17)22-5)8-15(10-19)18(21)20-13(3)4/h6-9,12-13H,11H2,1-5H3,(H,20,21)/b15-8+. The van der Waals surface area contributed by atoms with Crippen LogP contribution in [0.25, 0.3) is 6.08 Å². The summed E-state index contributed by atoms with van der Waals surface area (Å²) < 4.78 is 11.0. The van der Waals surface area contributed by atoms with E-state index in [1.165, 1.54) is 0 Å². The molecule has 1 amide bonds. The number of nitrogens with one attached hydrogen (secondary N) is 1. The maximum atomic E-state index is 12.0. The molecule has 1 rings (SSSR count). The van der Waals surface area contributed by atoms with Crippen molar-refractivity contribution in [3.05, 3.63) is 29.3 Å². The second kappa shape index (κ2) is 8.84. The smallest absolute Gasteiger partial charge is 0.262 e. The van der Waals surface area contributed by atoms with Gasteiger partial charge in [-0.2, -0.15) is 5.26 Å². The third kappa shape index (κ3) is 6.03. The molecule has 23 heavy (non-hydrogen) atoms. The molecule has 0 saturated heterocycles. The van der Waals surface area contributed by atoms with Crippen LogP contribution < -0.4 is 14.8 Å². The largest absolute Gasteiger partial charge is 0.493 e. The Morgan fingerprint density at radius 1 is 1.30 bits per heavy atom. The van der Waals surface area contributed by atoms with Crippen molar-refractivity contribution in [2.75, 3.05) is 13.7 Å². The normalized spacial score (nSPS) is 11.3. The number of ether oxygens (including phenoxy) is 2. The molecule has 0 unspecified atom stereocenters. The number of benzene rings is 1. The van der Waals surface area contributed by atoms with Gasteiger partial charge in [0.05, 0.1) is 13.7 Å². The molecule has 0 heterocycles. The molecule has 0 aliphatic carbocycles. The summed E-state index contributed by atoms with van der Waals surface area (Å²) >= 11 is 0. The molecule has 5 heteroatoms. The fraction of sp³-hybridized carbons (Fsp3) is 0.444. The zero-order valence-corrected chi connectivity index (χ0v) is 14.3. The van der Waals surface area contributed by atoms with Crippen molar-refractivity contribution < 1.29 is 14.3 Å². The van der Waals surface area contributed by atoms with Gasteiger partial charge in [-0.25, -0.2) is 0 Å². The third-order valence-electron chi connectivity index (χ3n) is 2.86. The summed E-state index contributed by atoms with van der Waals surface area (Å²) in [5, 5.41) is 11.9. The molecule has 0 radical (unpaired) electrons. The van der Waals surface area contributed by atoms with Crippen LogP contribution in [0.4, 0.5) is 0 Å². The molecule has 1 aromatic rings. The zero-order valence-electron chi connectivity index (χ0n) is 14.3. The summed E-state index contributed by atoms with van der Waals surface area (Å²) in [5.41, 5.74) is 0.763. The second-order valence-corrected chi connectivity index (χ2v) is 5.91. The number of rotatable bonds is 7. The minimum absolute atomic E-state index is 0.0277. The molecule has 1 aromatic carbocycles. The summed E-state index contributed by atoms with van der Waals surface area (Å²) in [4.78, 5) is 12.0. The van der Waals surface area contributed by atoms with Gasteiger partial charge in [0.15, 0.2) is 11.5 Å². The first kappa shape index (κ1) is 18.6. The predicted molar refractivity (Wildman–Crippen MR) is 90.2 cm³/mol. The molecular formula is C18H24N2O3. The van der Waals surface area contributed by atoms with E-state index in [0.717, 1.165) is 0 Å². The van der Waals surface area contributed by atoms with Crippen molar-refractivity contribution in [3.63, 3.8) is 0 Å². The van der Waals surface area contributed by atoms with Crippen LogP contribution >= 0.6 is 0 Å². The molecular weight excluding hydrogens is 292 g/mol. The van der Waals surface area contributed by atoms with Gasteiger partial charge in [-0.1, -0.05) is 19.9 Å². The lowest BCUT2D eigenvalue weighted by molar-refractivity contribution is -0.117. The van der Waals surface area contributed by atoms with Crippen LogP contribution in [0.5, 0.6) is 11.5 Å². The van der Waals surface area contributed by atoms with Crippen LogP contribution in [-0.4, -0.2) is 25.7 Å². The van der Waals surface area contributed by atoms with Gasteiger partial charge in [0.25, 0.3) is 5.91 Å². The van der Waals surface area contributed by atoms with Crippen molar-refractivity contribution in [1.82, 2.24) is 5.32 Å². The van der Waals surface area contributed by atoms with E-state index in [4.69, 9.17) is 9.47 Å². The average molecular weight is 316 g/mol. The maximum absolute atomic E-state index is 12.0. The monoisotopic (exact) mass is 316 g/mol. The molecule has 0 aliphatic heterocycles. The quantitative estimate of drug-likeness (QED) is 0.619. The summed E-state index contributed by atoms with van der Waals surface area (Å²) in [6.45, 7) is 8.36. The Morgan fingerprint density at radius 2 is 2.00 bits per heavy atom. The van der Waals surface area contributed by atoms with Crippen molar-refractivity contribution >= 4 is 12.0 Å². The molecule has 1 N–H and O–H groups in total. The van der Waals surface area contributed by atoms with Gasteiger partial charge < -0.3 is 14.8 Å². The number of nitriles is 1. The number of carbonyl (C=O) groups is 1. The third-order valence-corrected chi connectivity index (χ3v) is 2.86. The lowest BCUT2D eigenvalue weighted by Crippen LogP contribution is -2.30. The van der Waals surface area contributed by atoms with Crippen molar-refractivity contribution in [2.24, 2.45) is 5.92 Å². The predicted octanol–water partition coefficient (Wildman–Crippen LogP) is 3.16. The van der Waals surface area contributed by atoms with Crippen LogP contribution in [0.1, 0.15) is 33.3 Å². The van der Waals surface area contributed by atoms with E-state index < -0.39 is 0 Å². The Balaban J connectivity index is 3.07. The summed E-state index contributed by atoms with van der Waals surface area (Å²) in [7, 11) is 1.57. The highest BCUT2D eigenvalue weighted by atomic mass is 16.5. The molecule has 0 spiro atoms. The van der Waals surface area contributed by atoms with Crippen molar-refractivity contribution in [2.45, 2.75) is 33.7 Å². The molecule has 0 aliphatic rings. The Morgan fingerprint density at radius 3 is 2.52 bits per heavy atom. The number of hydrogen-bond donors (Lipinski definition) is 1. The topological polar surface area (TPSA) is 71.3 Å². The zero-order chi connectivity index (χ0) is 17.4. The van der Waals surface area contributed by atoms with E-state index in [9.17, 15) is 10.1 Å². The van der Waals surface area contributed by atoms with E-state index >= 15 is 0 Å². The van der Waals surface area contributed by atoms with Crippen LogP contribution in [0, 0.1) is 17.2 Å². The number of hydrogen-bond acceptors (Lipinski definition) is 4. The highest BCUT2D eigenvalue weighted by Gasteiger charge is 2.11. The first-order valence-electron chi connectivity index (χ1n) is 7.60. The summed E-state index contributed by atoms with van der Waals surface area (Å²) in [5.74, 6) is 1.21. The molecule has 0 fully saturated rings. The Kier molecular flexibility index (Phi) is 7.14. The molecule has 0 atom stereocenters. The fourth-order valence-electron chi connectivity index (χ4n) is 1.81. The Labute approximate surface area is 137 Å². The van der Waals surface area contributed by atoms with E-state index in [1.54, 1.807) is 31.4 Å². The van der Waals surface area contributed by atoms with Crippen LogP contribution in [0.15, 0.2) is 23.8 Å².